The summed E-state index contributed by atoms with van der Waals surface area (Å²) in [6, 6.07) is 8.21. The molecular weight excluding hydrogens is 378 g/mol. The molecule has 158 valence electrons. The number of aromatic nitrogens is 1. The Hall–Kier alpha value is -2.60. The minimum absolute atomic E-state index is 0.0424. The third-order valence-electron chi connectivity index (χ3n) is 6.89. The van der Waals surface area contributed by atoms with Crippen molar-refractivity contribution in [2.45, 2.75) is 44.3 Å². The van der Waals surface area contributed by atoms with Crippen molar-refractivity contribution in [3.8, 4) is 0 Å². The maximum absolute atomic E-state index is 13.3. The van der Waals surface area contributed by atoms with Crippen molar-refractivity contribution in [3.05, 3.63) is 48.2 Å². The third-order valence-corrected chi connectivity index (χ3v) is 6.89. The van der Waals surface area contributed by atoms with Crippen molar-refractivity contribution in [3.63, 3.8) is 0 Å². The second kappa shape index (κ2) is 7.58. The molecule has 6 heteroatoms. The number of hydrogen-bond donors (Lipinski definition) is 2. The second-order valence-corrected chi connectivity index (χ2v) is 8.77. The van der Waals surface area contributed by atoms with E-state index in [0.29, 0.717) is 19.6 Å². The largest absolute Gasteiger partial charge is 0.361 e. The van der Waals surface area contributed by atoms with E-state index >= 15 is 0 Å². The molecule has 0 radical (unpaired) electrons. The fourth-order valence-electron chi connectivity index (χ4n) is 5.37. The van der Waals surface area contributed by atoms with Gasteiger partial charge in [0, 0.05) is 30.2 Å². The summed E-state index contributed by atoms with van der Waals surface area (Å²) < 4.78 is 6.21. The van der Waals surface area contributed by atoms with E-state index in [4.69, 9.17) is 4.74 Å². The van der Waals surface area contributed by atoms with E-state index in [1.807, 2.05) is 35.4 Å². The van der Waals surface area contributed by atoms with Gasteiger partial charge in [0.15, 0.2) is 0 Å². The van der Waals surface area contributed by atoms with Crippen LogP contribution in [0.4, 0.5) is 0 Å². The molecule has 3 unspecified atom stereocenters. The smallest absolute Gasteiger partial charge is 0.230 e. The standard InChI is InChI=1S/C24H29N3O3/c1-2-3-6-12-25-22(28)20-19-9-11-24(30-19)15-27(23(29)21(20)24)13-10-16-14-26-18-8-5-4-7-17(16)18/h4-5,7-9,11,14,19-21,26H,2-3,6,10,12-13,15H2,1H3,(H,25,28)/t19-,20?,21?,24?/m1/s1. The maximum atomic E-state index is 13.3. The van der Waals surface area contributed by atoms with E-state index in [9.17, 15) is 9.59 Å². The number of fused-ring (bicyclic) bond motifs is 2. The van der Waals surface area contributed by atoms with Gasteiger partial charge >= 0.3 is 0 Å². The number of nitrogens with zero attached hydrogens (tertiary/aromatic N) is 1. The van der Waals surface area contributed by atoms with Gasteiger partial charge in [-0.25, -0.2) is 0 Å². The van der Waals surface area contributed by atoms with Crippen LogP contribution in [-0.4, -0.2) is 53.0 Å². The number of para-hydroxylation sites is 1. The number of H-pyrrole nitrogens is 1. The Labute approximate surface area is 176 Å². The zero-order valence-corrected chi connectivity index (χ0v) is 17.4. The Kier molecular flexibility index (Phi) is 4.89. The van der Waals surface area contributed by atoms with Gasteiger partial charge < -0.3 is 19.9 Å². The van der Waals surface area contributed by atoms with Crippen molar-refractivity contribution >= 4 is 22.7 Å². The molecule has 2 N–H and O–H groups in total. The van der Waals surface area contributed by atoms with Gasteiger partial charge in [-0.15, -0.1) is 0 Å². The number of amides is 2. The van der Waals surface area contributed by atoms with E-state index in [1.54, 1.807) is 0 Å². The van der Waals surface area contributed by atoms with Crippen molar-refractivity contribution in [2.75, 3.05) is 19.6 Å². The molecule has 2 saturated heterocycles. The number of hydrogen-bond acceptors (Lipinski definition) is 3. The predicted molar refractivity (Wildman–Crippen MR) is 115 cm³/mol. The average molecular weight is 408 g/mol. The lowest BCUT2D eigenvalue weighted by Crippen LogP contribution is -2.44. The van der Waals surface area contributed by atoms with Crippen LogP contribution in [0.25, 0.3) is 10.9 Å². The van der Waals surface area contributed by atoms with Gasteiger partial charge in [-0.2, -0.15) is 0 Å². The van der Waals surface area contributed by atoms with Gasteiger partial charge in [-0.3, -0.25) is 9.59 Å². The average Bonchev–Trinajstić information content (AvgIpc) is 3.49. The Morgan fingerprint density at radius 1 is 1.33 bits per heavy atom. The zero-order valence-electron chi connectivity index (χ0n) is 17.4. The first kappa shape index (κ1) is 19.4. The molecular formula is C24H29N3O3. The number of unbranched alkanes of at least 4 members (excludes halogenated alkanes) is 2. The highest BCUT2D eigenvalue weighted by Crippen LogP contribution is 2.51. The van der Waals surface area contributed by atoms with Gasteiger partial charge in [-0.1, -0.05) is 50.1 Å². The summed E-state index contributed by atoms with van der Waals surface area (Å²) >= 11 is 0. The molecule has 3 aliphatic heterocycles. The molecule has 0 aliphatic carbocycles. The van der Waals surface area contributed by atoms with Crippen LogP contribution in [-0.2, 0) is 20.7 Å². The van der Waals surface area contributed by atoms with E-state index in [1.165, 1.54) is 10.9 Å². The fourth-order valence-corrected chi connectivity index (χ4v) is 5.37. The number of likely N-dealkylation sites (tertiary alicyclic amines) is 1. The summed E-state index contributed by atoms with van der Waals surface area (Å²) in [6.45, 7) is 3.97. The number of rotatable bonds is 8. The molecule has 4 heterocycles. The minimum atomic E-state index is -0.632. The monoisotopic (exact) mass is 407 g/mol. The summed E-state index contributed by atoms with van der Waals surface area (Å²) in [5.41, 5.74) is 1.69. The zero-order chi connectivity index (χ0) is 20.7. The van der Waals surface area contributed by atoms with Crippen LogP contribution in [0.15, 0.2) is 42.6 Å². The molecule has 4 atom stereocenters. The van der Waals surface area contributed by atoms with Gasteiger partial charge in [0.1, 0.15) is 5.60 Å². The number of aromatic amines is 1. The van der Waals surface area contributed by atoms with Crippen molar-refractivity contribution in [1.29, 1.82) is 0 Å². The van der Waals surface area contributed by atoms with Crippen LogP contribution in [0, 0.1) is 11.8 Å². The van der Waals surface area contributed by atoms with Gasteiger partial charge in [0.05, 0.1) is 24.5 Å². The topological polar surface area (TPSA) is 74.4 Å². The highest BCUT2D eigenvalue weighted by molar-refractivity contribution is 5.93. The minimum Gasteiger partial charge on any atom is -0.361 e. The summed E-state index contributed by atoms with van der Waals surface area (Å²) in [6.07, 6.45) is 9.70. The summed E-state index contributed by atoms with van der Waals surface area (Å²) in [5.74, 6) is -0.807. The number of nitrogens with one attached hydrogen (secondary N) is 2. The normalized spacial score (nSPS) is 29.2. The Morgan fingerprint density at radius 2 is 2.20 bits per heavy atom. The van der Waals surface area contributed by atoms with Crippen molar-refractivity contribution < 1.29 is 14.3 Å². The van der Waals surface area contributed by atoms with Crippen LogP contribution < -0.4 is 5.32 Å². The lowest BCUT2D eigenvalue weighted by atomic mass is 9.77. The van der Waals surface area contributed by atoms with Crippen molar-refractivity contribution in [2.24, 2.45) is 11.8 Å². The van der Waals surface area contributed by atoms with Crippen LogP contribution >= 0.6 is 0 Å². The molecule has 6 nitrogen and oxygen atoms in total. The highest BCUT2D eigenvalue weighted by atomic mass is 16.5. The molecule has 2 amide bonds. The van der Waals surface area contributed by atoms with E-state index < -0.39 is 17.4 Å². The van der Waals surface area contributed by atoms with Crippen LogP contribution in [0.3, 0.4) is 0 Å². The van der Waals surface area contributed by atoms with Crippen LogP contribution in [0.1, 0.15) is 31.7 Å². The molecule has 3 aliphatic rings. The van der Waals surface area contributed by atoms with E-state index in [-0.39, 0.29) is 17.9 Å². The Morgan fingerprint density at radius 3 is 3.07 bits per heavy atom. The van der Waals surface area contributed by atoms with Crippen LogP contribution in [0.5, 0.6) is 0 Å². The van der Waals surface area contributed by atoms with Gasteiger partial charge in [0.2, 0.25) is 11.8 Å². The molecule has 1 spiro atoms. The highest BCUT2D eigenvalue weighted by Gasteiger charge is 2.66. The van der Waals surface area contributed by atoms with E-state index in [0.717, 1.165) is 31.2 Å². The number of benzene rings is 1. The summed E-state index contributed by atoms with van der Waals surface area (Å²) in [7, 11) is 0. The lowest BCUT2D eigenvalue weighted by Gasteiger charge is -2.23. The molecule has 1 aromatic carbocycles. The van der Waals surface area contributed by atoms with Crippen LogP contribution in [0.2, 0.25) is 0 Å². The summed E-state index contributed by atoms with van der Waals surface area (Å²) in [5, 5.41) is 4.23. The van der Waals surface area contributed by atoms with E-state index in [2.05, 4.69) is 29.4 Å². The number of carbonyl (C=O) groups is 2. The molecule has 1 aromatic heterocycles. The molecule has 2 fully saturated rings. The third kappa shape index (κ3) is 3.05. The first-order valence-electron chi connectivity index (χ1n) is 11.1. The molecule has 0 saturated carbocycles. The van der Waals surface area contributed by atoms with Gasteiger partial charge in [-0.05, 0) is 24.5 Å². The second-order valence-electron chi connectivity index (χ2n) is 8.77. The predicted octanol–water partition coefficient (Wildman–Crippen LogP) is 2.80. The molecule has 5 rings (SSSR count). The molecule has 2 aromatic rings. The SMILES string of the molecule is CCCCCNC(=O)C1C2C(=O)N(CCc3c[nH]c4ccccc34)CC23C=C[C@H]1O3. The molecule has 30 heavy (non-hydrogen) atoms. The quantitative estimate of drug-likeness (QED) is 0.522. The fraction of sp³-hybridized carbons (Fsp3) is 0.500. The molecule has 2 bridgehead atoms. The lowest BCUT2D eigenvalue weighted by molar-refractivity contribution is -0.137. The summed E-state index contributed by atoms with van der Waals surface area (Å²) in [4.78, 5) is 31.4. The van der Waals surface area contributed by atoms with Crippen molar-refractivity contribution in [1.82, 2.24) is 15.2 Å². The number of ether oxygens (including phenoxy) is 1. The first-order valence-corrected chi connectivity index (χ1v) is 11.1. The Bertz CT molecular complexity index is 996. The van der Waals surface area contributed by atoms with Gasteiger partial charge in [0.25, 0.3) is 0 Å². The maximum Gasteiger partial charge on any atom is 0.230 e. The number of carbonyl (C=O) groups excluding carboxylic acids is 2. The first-order chi connectivity index (χ1) is 14.6. The Balaban J connectivity index is 1.27.